The molecule has 0 fully saturated rings. The fraction of sp³-hybridized carbons (Fsp3) is 0.300. The molecule has 0 spiro atoms. The van der Waals surface area contributed by atoms with Crippen LogP contribution in [0, 0.1) is 6.92 Å². The standard InChI is InChI=1S/C10H13BrN2O/c1-3-8(6-14)13-10-9(11)7(2)4-5-12-10/h3-5,8,14H,1,6H2,2H3,(H,12,13). The number of nitrogens with zero attached hydrogens (tertiary/aromatic N) is 1. The summed E-state index contributed by atoms with van der Waals surface area (Å²) in [7, 11) is 0. The van der Waals surface area contributed by atoms with Gasteiger partial charge in [-0.3, -0.25) is 0 Å². The molecule has 76 valence electrons. The van der Waals surface area contributed by atoms with Crippen LogP contribution in [0.4, 0.5) is 5.82 Å². The van der Waals surface area contributed by atoms with E-state index in [1.54, 1.807) is 12.3 Å². The largest absolute Gasteiger partial charge is 0.394 e. The van der Waals surface area contributed by atoms with Crippen LogP contribution in [-0.2, 0) is 0 Å². The number of rotatable bonds is 4. The highest BCUT2D eigenvalue weighted by molar-refractivity contribution is 9.10. The van der Waals surface area contributed by atoms with Crippen molar-refractivity contribution in [3.63, 3.8) is 0 Å². The van der Waals surface area contributed by atoms with E-state index in [1.165, 1.54) is 0 Å². The summed E-state index contributed by atoms with van der Waals surface area (Å²) < 4.78 is 0.917. The molecule has 1 aromatic rings. The normalized spacial score (nSPS) is 12.2. The first-order chi connectivity index (χ1) is 6.69. The maximum atomic E-state index is 8.97. The topological polar surface area (TPSA) is 45.1 Å². The van der Waals surface area contributed by atoms with Crippen molar-refractivity contribution < 1.29 is 5.11 Å². The first-order valence-electron chi connectivity index (χ1n) is 4.30. The van der Waals surface area contributed by atoms with Crippen molar-refractivity contribution in [2.75, 3.05) is 11.9 Å². The van der Waals surface area contributed by atoms with E-state index in [9.17, 15) is 0 Å². The van der Waals surface area contributed by atoms with Gasteiger partial charge in [0.1, 0.15) is 5.82 Å². The van der Waals surface area contributed by atoms with Crippen LogP contribution in [0.15, 0.2) is 29.4 Å². The molecule has 0 aromatic carbocycles. The average molecular weight is 257 g/mol. The molecule has 0 aliphatic carbocycles. The highest BCUT2D eigenvalue weighted by Crippen LogP contribution is 2.23. The third-order valence-corrected chi connectivity index (χ3v) is 2.89. The fourth-order valence-electron chi connectivity index (χ4n) is 0.996. The highest BCUT2D eigenvalue weighted by Gasteiger charge is 2.07. The zero-order valence-corrected chi connectivity index (χ0v) is 9.58. The summed E-state index contributed by atoms with van der Waals surface area (Å²) in [6.07, 6.45) is 3.37. The summed E-state index contributed by atoms with van der Waals surface area (Å²) in [5.41, 5.74) is 1.10. The molecule has 2 N–H and O–H groups in total. The summed E-state index contributed by atoms with van der Waals surface area (Å²) >= 11 is 3.43. The van der Waals surface area contributed by atoms with Gasteiger partial charge in [-0.25, -0.2) is 4.98 Å². The lowest BCUT2D eigenvalue weighted by Crippen LogP contribution is -2.21. The number of pyridine rings is 1. The number of aliphatic hydroxyl groups excluding tert-OH is 1. The first kappa shape index (κ1) is 11.2. The average Bonchev–Trinajstić information content (AvgIpc) is 2.20. The van der Waals surface area contributed by atoms with Gasteiger partial charge in [0, 0.05) is 6.20 Å². The molecular formula is C10H13BrN2O. The van der Waals surface area contributed by atoms with Gasteiger partial charge < -0.3 is 10.4 Å². The Bertz CT molecular complexity index is 328. The van der Waals surface area contributed by atoms with E-state index in [1.807, 2.05) is 13.0 Å². The molecule has 3 nitrogen and oxygen atoms in total. The smallest absolute Gasteiger partial charge is 0.141 e. The Hall–Kier alpha value is -0.870. The minimum Gasteiger partial charge on any atom is -0.394 e. The van der Waals surface area contributed by atoms with Crippen molar-refractivity contribution in [2.24, 2.45) is 0 Å². The van der Waals surface area contributed by atoms with Crippen LogP contribution in [-0.4, -0.2) is 22.7 Å². The molecule has 1 aromatic heterocycles. The summed E-state index contributed by atoms with van der Waals surface area (Å²) in [4.78, 5) is 4.16. The maximum Gasteiger partial charge on any atom is 0.141 e. The van der Waals surface area contributed by atoms with Gasteiger partial charge in [0.15, 0.2) is 0 Å². The monoisotopic (exact) mass is 256 g/mol. The van der Waals surface area contributed by atoms with E-state index in [0.29, 0.717) is 0 Å². The molecule has 0 aliphatic heterocycles. The Morgan fingerprint density at radius 1 is 1.79 bits per heavy atom. The number of hydrogen-bond donors (Lipinski definition) is 2. The van der Waals surface area contributed by atoms with Gasteiger partial charge in [-0.2, -0.15) is 0 Å². The van der Waals surface area contributed by atoms with Gasteiger partial charge in [0.05, 0.1) is 17.1 Å². The number of anilines is 1. The number of nitrogens with one attached hydrogen (secondary N) is 1. The van der Waals surface area contributed by atoms with Gasteiger partial charge in [-0.15, -0.1) is 6.58 Å². The molecule has 1 unspecified atom stereocenters. The van der Waals surface area contributed by atoms with Gasteiger partial charge in [-0.05, 0) is 34.5 Å². The number of aliphatic hydroxyl groups is 1. The molecule has 0 saturated heterocycles. The van der Waals surface area contributed by atoms with Crippen molar-refractivity contribution in [3.8, 4) is 0 Å². The van der Waals surface area contributed by atoms with Gasteiger partial charge in [0.25, 0.3) is 0 Å². The molecule has 0 amide bonds. The predicted octanol–water partition coefficient (Wildman–Crippen LogP) is 2.11. The first-order valence-corrected chi connectivity index (χ1v) is 5.09. The van der Waals surface area contributed by atoms with Gasteiger partial charge in [-0.1, -0.05) is 6.08 Å². The Kier molecular flexibility index (Phi) is 4.10. The van der Waals surface area contributed by atoms with Crippen LogP contribution in [0.3, 0.4) is 0 Å². The molecule has 0 radical (unpaired) electrons. The molecule has 0 bridgehead atoms. The molecule has 14 heavy (non-hydrogen) atoms. The summed E-state index contributed by atoms with van der Waals surface area (Å²) in [6, 6.07) is 1.75. The van der Waals surface area contributed by atoms with E-state index in [4.69, 9.17) is 5.11 Å². The van der Waals surface area contributed by atoms with Crippen molar-refractivity contribution in [2.45, 2.75) is 13.0 Å². The third kappa shape index (κ3) is 2.56. The molecule has 0 aliphatic rings. The number of hydrogen-bond acceptors (Lipinski definition) is 3. The minimum atomic E-state index is -0.166. The zero-order chi connectivity index (χ0) is 10.6. The van der Waals surface area contributed by atoms with Crippen LogP contribution < -0.4 is 5.32 Å². The second kappa shape index (κ2) is 5.12. The molecule has 1 heterocycles. The van der Waals surface area contributed by atoms with Crippen molar-refractivity contribution >= 4 is 21.7 Å². The third-order valence-electron chi connectivity index (χ3n) is 1.89. The van der Waals surface area contributed by atoms with E-state index >= 15 is 0 Å². The molecule has 1 atom stereocenters. The fourth-order valence-corrected chi connectivity index (χ4v) is 1.34. The Morgan fingerprint density at radius 2 is 2.50 bits per heavy atom. The Morgan fingerprint density at radius 3 is 3.07 bits per heavy atom. The van der Waals surface area contributed by atoms with Gasteiger partial charge >= 0.3 is 0 Å². The zero-order valence-electron chi connectivity index (χ0n) is 8.00. The van der Waals surface area contributed by atoms with Gasteiger partial charge in [0.2, 0.25) is 0 Å². The second-order valence-corrected chi connectivity index (χ2v) is 3.75. The van der Waals surface area contributed by atoms with E-state index in [2.05, 4.69) is 32.8 Å². The van der Waals surface area contributed by atoms with E-state index in [0.717, 1.165) is 15.9 Å². The van der Waals surface area contributed by atoms with E-state index < -0.39 is 0 Å². The Labute approximate surface area is 92.0 Å². The SMILES string of the molecule is C=CC(CO)Nc1nccc(C)c1Br. The lowest BCUT2D eigenvalue weighted by atomic mass is 10.2. The van der Waals surface area contributed by atoms with Crippen LogP contribution in [0.1, 0.15) is 5.56 Å². The minimum absolute atomic E-state index is 0.00552. The lowest BCUT2D eigenvalue weighted by Gasteiger charge is -2.14. The quantitative estimate of drug-likeness (QED) is 0.812. The molecule has 1 rings (SSSR count). The van der Waals surface area contributed by atoms with E-state index in [-0.39, 0.29) is 12.6 Å². The summed E-state index contributed by atoms with van der Waals surface area (Å²) in [6.45, 7) is 5.60. The maximum absolute atomic E-state index is 8.97. The lowest BCUT2D eigenvalue weighted by molar-refractivity contribution is 0.290. The van der Waals surface area contributed by atoms with Crippen LogP contribution >= 0.6 is 15.9 Å². The molecular weight excluding hydrogens is 244 g/mol. The van der Waals surface area contributed by atoms with Crippen LogP contribution in [0.25, 0.3) is 0 Å². The molecule has 4 heteroatoms. The predicted molar refractivity (Wildman–Crippen MR) is 61.4 cm³/mol. The summed E-state index contributed by atoms with van der Waals surface area (Å²) in [5.74, 6) is 0.726. The van der Waals surface area contributed by atoms with Crippen LogP contribution in [0.2, 0.25) is 0 Å². The number of aryl methyl sites for hydroxylation is 1. The number of aromatic nitrogens is 1. The summed E-state index contributed by atoms with van der Waals surface area (Å²) in [5, 5.41) is 12.0. The second-order valence-electron chi connectivity index (χ2n) is 2.96. The van der Waals surface area contributed by atoms with Crippen molar-refractivity contribution in [3.05, 3.63) is 35.0 Å². The van der Waals surface area contributed by atoms with Crippen molar-refractivity contribution in [1.82, 2.24) is 4.98 Å². The molecule has 0 saturated carbocycles. The Balaban J connectivity index is 2.85. The van der Waals surface area contributed by atoms with Crippen molar-refractivity contribution in [1.29, 1.82) is 0 Å². The highest BCUT2D eigenvalue weighted by atomic mass is 79.9. The number of halogens is 1. The van der Waals surface area contributed by atoms with Crippen LogP contribution in [0.5, 0.6) is 0 Å².